The van der Waals surface area contributed by atoms with E-state index in [-0.39, 0.29) is 0 Å². The Morgan fingerprint density at radius 1 is 0.952 bits per heavy atom. The Morgan fingerprint density at radius 3 is 2.48 bits per heavy atom. The van der Waals surface area contributed by atoms with Gasteiger partial charge in [0.15, 0.2) is 0 Å². The Bertz CT molecular complexity index is 716. The van der Waals surface area contributed by atoms with E-state index in [0.717, 1.165) is 6.54 Å². The highest BCUT2D eigenvalue weighted by molar-refractivity contribution is 5.86. The van der Waals surface area contributed by atoms with Gasteiger partial charge < -0.3 is 0 Å². The van der Waals surface area contributed by atoms with Gasteiger partial charge in [0.2, 0.25) is 0 Å². The van der Waals surface area contributed by atoms with E-state index >= 15 is 0 Å². The molecular weight excluding hydrogens is 256 g/mol. The lowest BCUT2D eigenvalue weighted by molar-refractivity contribution is 0.254. The normalized spacial score (nSPS) is 12.7. The molecule has 0 aliphatic heterocycles. The molecule has 3 aromatic rings. The molecule has 2 aromatic carbocycles. The summed E-state index contributed by atoms with van der Waals surface area (Å²) >= 11 is 0. The molecule has 0 unspecified atom stereocenters. The summed E-state index contributed by atoms with van der Waals surface area (Å²) in [6, 6.07) is 19.7. The van der Waals surface area contributed by atoms with Gasteiger partial charge in [-0.1, -0.05) is 42.5 Å². The minimum Gasteiger partial charge on any atom is -0.295 e. The first-order valence-electron chi connectivity index (χ1n) is 7.32. The quantitative estimate of drug-likeness (QED) is 0.701. The number of hydrogen-bond donors (Lipinski definition) is 0. The van der Waals surface area contributed by atoms with E-state index < -0.39 is 0 Å². The summed E-state index contributed by atoms with van der Waals surface area (Å²) in [6.07, 6.45) is 3.71. The Hall–Kier alpha value is -2.19. The smallest absolute Gasteiger partial charge is 0.0326 e. The molecule has 1 heterocycles. The fraction of sp³-hybridized carbons (Fsp3) is 0.211. The molecule has 0 spiro atoms. The first kappa shape index (κ1) is 13.8. The topological polar surface area (TPSA) is 16.1 Å². The van der Waals surface area contributed by atoms with Gasteiger partial charge in [0.25, 0.3) is 0 Å². The van der Waals surface area contributed by atoms with Gasteiger partial charge in [-0.15, -0.1) is 0 Å². The third-order valence-electron chi connectivity index (χ3n) is 4.12. The summed E-state index contributed by atoms with van der Waals surface area (Å²) in [5, 5.41) is 2.65. The number of hydrogen-bond acceptors (Lipinski definition) is 2. The molecule has 106 valence electrons. The highest BCUT2D eigenvalue weighted by Crippen LogP contribution is 2.28. The predicted molar refractivity (Wildman–Crippen MR) is 88.1 cm³/mol. The van der Waals surface area contributed by atoms with E-state index in [1.165, 1.54) is 21.9 Å². The lowest BCUT2D eigenvalue weighted by Crippen LogP contribution is -2.22. The zero-order chi connectivity index (χ0) is 14.7. The van der Waals surface area contributed by atoms with E-state index in [0.29, 0.717) is 6.04 Å². The van der Waals surface area contributed by atoms with Crippen LogP contribution in [-0.2, 0) is 6.54 Å². The van der Waals surface area contributed by atoms with E-state index in [9.17, 15) is 0 Å². The Balaban J connectivity index is 1.88. The molecule has 0 saturated heterocycles. The molecule has 2 heteroatoms. The molecule has 0 aliphatic rings. The number of nitrogens with zero attached hydrogens (tertiary/aromatic N) is 2. The van der Waals surface area contributed by atoms with Crippen molar-refractivity contribution < 1.29 is 0 Å². The number of rotatable bonds is 4. The van der Waals surface area contributed by atoms with E-state index in [2.05, 4.69) is 78.5 Å². The molecule has 3 rings (SSSR count). The second-order valence-electron chi connectivity index (χ2n) is 5.51. The van der Waals surface area contributed by atoms with Crippen molar-refractivity contribution in [1.29, 1.82) is 0 Å². The van der Waals surface area contributed by atoms with E-state index in [4.69, 9.17) is 0 Å². The van der Waals surface area contributed by atoms with Crippen molar-refractivity contribution in [2.45, 2.75) is 19.5 Å². The van der Waals surface area contributed by atoms with Crippen LogP contribution in [0.3, 0.4) is 0 Å². The average molecular weight is 276 g/mol. The largest absolute Gasteiger partial charge is 0.295 e. The monoisotopic (exact) mass is 276 g/mol. The van der Waals surface area contributed by atoms with Gasteiger partial charge in [-0.05, 0) is 48.0 Å². The molecule has 0 N–H and O–H groups in total. The molecule has 21 heavy (non-hydrogen) atoms. The van der Waals surface area contributed by atoms with Crippen molar-refractivity contribution >= 4 is 10.8 Å². The summed E-state index contributed by atoms with van der Waals surface area (Å²) < 4.78 is 0. The SMILES string of the molecule is C[C@H](c1cccc2ccccc12)N(C)Cc1ccncc1. The first-order valence-corrected chi connectivity index (χ1v) is 7.32. The molecule has 0 aliphatic carbocycles. The molecule has 1 aromatic heterocycles. The molecule has 2 nitrogen and oxygen atoms in total. The van der Waals surface area contributed by atoms with Crippen LogP contribution in [0.15, 0.2) is 67.0 Å². The van der Waals surface area contributed by atoms with Crippen LogP contribution in [0, 0.1) is 0 Å². The third kappa shape index (κ3) is 2.96. The maximum Gasteiger partial charge on any atom is 0.0326 e. The maximum absolute atomic E-state index is 4.08. The lowest BCUT2D eigenvalue weighted by atomic mass is 9.99. The molecule has 0 radical (unpaired) electrons. The number of aromatic nitrogens is 1. The Labute approximate surface area is 126 Å². The predicted octanol–water partition coefficient (Wildman–Crippen LogP) is 4.43. The van der Waals surface area contributed by atoms with Gasteiger partial charge in [0.05, 0.1) is 0 Å². The number of pyridine rings is 1. The minimum absolute atomic E-state index is 0.365. The van der Waals surface area contributed by atoms with Gasteiger partial charge in [0.1, 0.15) is 0 Å². The number of fused-ring (bicyclic) bond motifs is 1. The molecule has 0 amide bonds. The van der Waals surface area contributed by atoms with Crippen molar-refractivity contribution in [3.05, 3.63) is 78.1 Å². The highest BCUT2D eigenvalue weighted by Gasteiger charge is 2.14. The van der Waals surface area contributed by atoms with Crippen molar-refractivity contribution in [1.82, 2.24) is 9.88 Å². The number of benzene rings is 2. The van der Waals surface area contributed by atoms with Gasteiger partial charge in [-0.2, -0.15) is 0 Å². The summed E-state index contributed by atoms with van der Waals surface area (Å²) in [6.45, 7) is 3.19. The second kappa shape index (κ2) is 6.06. The van der Waals surface area contributed by atoms with Gasteiger partial charge in [-0.25, -0.2) is 0 Å². The van der Waals surface area contributed by atoms with E-state index in [1.807, 2.05) is 12.4 Å². The molecule has 0 saturated carbocycles. The fourth-order valence-corrected chi connectivity index (χ4v) is 2.77. The average Bonchev–Trinajstić information content (AvgIpc) is 2.54. The molecular formula is C19H20N2. The summed E-state index contributed by atoms with van der Waals surface area (Å²) in [7, 11) is 2.17. The van der Waals surface area contributed by atoms with Crippen LogP contribution in [0.1, 0.15) is 24.1 Å². The first-order chi connectivity index (χ1) is 10.3. The zero-order valence-electron chi connectivity index (χ0n) is 12.5. The highest BCUT2D eigenvalue weighted by atomic mass is 15.1. The van der Waals surface area contributed by atoms with E-state index in [1.54, 1.807) is 0 Å². The fourth-order valence-electron chi connectivity index (χ4n) is 2.77. The van der Waals surface area contributed by atoms with Crippen molar-refractivity contribution in [2.24, 2.45) is 0 Å². The van der Waals surface area contributed by atoms with Crippen molar-refractivity contribution in [3.8, 4) is 0 Å². The van der Waals surface area contributed by atoms with Gasteiger partial charge >= 0.3 is 0 Å². The molecule has 0 fully saturated rings. The summed E-state index contributed by atoms with van der Waals surface area (Å²) in [5.41, 5.74) is 2.67. The second-order valence-corrected chi connectivity index (χ2v) is 5.51. The third-order valence-corrected chi connectivity index (χ3v) is 4.12. The summed E-state index contributed by atoms with van der Waals surface area (Å²) in [4.78, 5) is 6.45. The molecule has 1 atom stereocenters. The van der Waals surface area contributed by atoms with Gasteiger partial charge in [0, 0.05) is 25.0 Å². The minimum atomic E-state index is 0.365. The van der Waals surface area contributed by atoms with Crippen molar-refractivity contribution in [2.75, 3.05) is 7.05 Å². The Morgan fingerprint density at radius 2 is 1.67 bits per heavy atom. The standard InChI is InChI=1S/C19H20N2/c1-15(21(2)14-16-10-12-20-13-11-16)18-9-5-7-17-6-3-4-8-19(17)18/h3-13,15H,14H2,1-2H3/t15-/m1/s1. The van der Waals surface area contributed by atoms with Crippen molar-refractivity contribution in [3.63, 3.8) is 0 Å². The van der Waals surface area contributed by atoms with Crippen LogP contribution in [0.5, 0.6) is 0 Å². The maximum atomic E-state index is 4.08. The van der Waals surface area contributed by atoms with Crippen LogP contribution in [0.2, 0.25) is 0 Å². The van der Waals surface area contributed by atoms with Crippen LogP contribution >= 0.6 is 0 Å². The Kier molecular flexibility index (Phi) is 3.98. The van der Waals surface area contributed by atoms with Crippen LogP contribution in [0.4, 0.5) is 0 Å². The van der Waals surface area contributed by atoms with Crippen LogP contribution < -0.4 is 0 Å². The van der Waals surface area contributed by atoms with Crippen LogP contribution in [0.25, 0.3) is 10.8 Å². The van der Waals surface area contributed by atoms with Crippen LogP contribution in [-0.4, -0.2) is 16.9 Å². The summed E-state index contributed by atoms with van der Waals surface area (Å²) in [5.74, 6) is 0. The molecule has 0 bridgehead atoms. The lowest BCUT2D eigenvalue weighted by Gasteiger charge is -2.26. The van der Waals surface area contributed by atoms with Gasteiger partial charge in [-0.3, -0.25) is 9.88 Å². The zero-order valence-corrected chi connectivity index (χ0v) is 12.5.